The lowest BCUT2D eigenvalue weighted by Gasteiger charge is -2.45. The molecule has 0 aromatic heterocycles. The smallest absolute Gasteiger partial charge is 0.429 e. The highest BCUT2D eigenvalue weighted by molar-refractivity contribution is 5.59. The van der Waals surface area contributed by atoms with E-state index in [-0.39, 0.29) is 17.2 Å². The van der Waals surface area contributed by atoms with Gasteiger partial charge in [-0.25, -0.2) is 9.68 Å². The number of rotatable bonds is 3. The van der Waals surface area contributed by atoms with Crippen LogP contribution in [0.15, 0.2) is 0 Å². The first kappa shape index (κ1) is 14.2. The third kappa shape index (κ3) is 4.89. The summed E-state index contributed by atoms with van der Waals surface area (Å²) in [6, 6.07) is 0. The van der Waals surface area contributed by atoms with Gasteiger partial charge in [-0.2, -0.15) is 4.89 Å². The monoisotopic (exact) mass is 247 g/mol. The molecular formula is C11H21NO5. The van der Waals surface area contributed by atoms with Gasteiger partial charge < -0.3 is 10.1 Å². The van der Waals surface area contributed by atoms with Crippen molar-refractivity contribution in [2.24, 2.45) is 0 Å². The van der Waals surface area contributed by atoms with Crippen molar-refractivity contribution in [1.82, 2.24) is 5.32 Å². The molecule has 100 valence electrons. The zero-order chi connectivity index (χ0) is 13.1. The number of piperidine rings is 1. The predicted molar refractivity (Wildman–Crippen MR) is 60.0 cm³/mol. The summed E-state index contributed by atoms with van der Waals surface area (Å²) >= 11 is 0. The molecular weight excluding hydrogens is 226 g/mol. The summed E-state index contributed by atoms with van der Waals surface area (Å²) < 4.78 is 5.16. The fourth-order valence-electron chi connectivity index (χ4n) is 2.53. The van der Waals surface area contributed by atoms with Gasteiger partial charge in [0.2, 0.25) is 0 Å². The molecule has 1 rings (SSSR count). The van der Waals surface area contributed by atoms with Crippen molar-refractivity contribution < 1.29 is 24.3 Å². The van der Waals surface area contributed by atoms with Crippen molar-refractivity contribution in [2.75, 3.05) is 7.11 Å². The quantitative estimate of drug-likeness (QED) is 0.467. The molecule has 0 radical (unpaired) electrons. The molecule has 0 unspecified atom stereocenters. The molecule has 6 nitrogen and oxygen atoms in total. The van der Waals surface area contributed by atoms with Gasteiger partial charge in [-0.1, -0.05) is 0 Å². The molecule has 0 amide bonds. The minimum Gasteiger partial charge on any atom is -0.429 e. The van der Waals surface area contributed by atoms with Crippen molar-refractivity contribution in [2.45, 2.75) is 57.7 Å². The van der Waals surface area contributed by atoms with E-state index < -0.39 is 6.16 Å². The molecule has 1 heterocycles. The van der Waals surface area contributed by atoms with Crippen LogP contribution in [0.1, 0.15) is 40.5 Å². The molecule has 0 aromatic rings. The summed E-state index contributed by atoms with van der Waals surface area (Å²) in [5.74, 6) is 0. The summed E-state index contributed by atoms with van der Waals surface area (Å²) in [4.78, 5) is 19.6. The lowest BCUT2D eigenvalue weighted by molar-refractivity contribution is -0.475. The third-order valence-electron chi connectivity index (χ3n) is 2.59. The Hall–Kier alpha value is -0.850. The van der Waals surface area contributed by atoms with E-state index in [1.54, 1.807) is 0 Å². The Bertz CT molecular complexity index is 261. The zero-order valence-electron chi connectivity index (χ0n) is 11.0. The first-order chi connectivity index (χ1) is 7.74. The average molecular weight is 247 g/mol. The predicted octanol–water partition coefficient (Wildman–Crippen LogP) is 1.94. The molecule has 0 spiro atoms. The molecule has 1 N–H and O–H groups in total. The van der Waals surface area contributed by atoms with Crippen molar-refractivity contribution in [3.63, 3.8) is 0 Å². The highest BCUT2D eigenvalue weighted by atomic mass is 17.5. The van der Waals surface area contributed by atoms with E-state index in [9.17, 15) is 4.79 Å². The van der Waals surface area contributed by atoms with Crippen LogP contribution in [-0.4, -0.2) is 30.4 Å². The van der Waals surface area contributed by atoms with Crippen LogP contribution in [-0.2, 0) is 19.6 Å². The Morgan fingerprint density at radius 1 is 1.18 bits per heavy atom. The largest absolute Gasteiger partial charge is 0.542 e. The number of ether oxygens (including phenoxy) is 1. The molecule has 0 atom stereocenters. The van der Waals surface area contributed by atoms with E-state index in [2.05, 4.69) is 47.8 Å². The number of nitrogens with one attached hydrogen (secondary N) is 1. The van der Waals surface area contributed by atoms with E-state index in [1.807, 2.05) is 0 Å². The van der Waals surface area contributed by atoms with Crippen LogP contribution >= 0.6 is 0 Å². The molecule has 1 aliphatic heterocycles. The number of carbonyl (C=O) groups excluding carboxylic acids is 1. The fraction of sp³-hybridized carbons (Fsp3) is 0.909. The second kappa shape index (κ2) is 5.20. The molecule has 1 aliphatic rings. The van der Waals surface area contributed by atoms with Crippen LogP contribution in [0, 0.1) is 0 Å². The van der Waals surface area contributed by atoms with Gasteiger partial charge in [0, 0.05) is 23.9 Å². The van der Waals surface area contributed by atoms with Crippen LogP contribution in [0.4, 0.5) is 4.79 Å². The van der Waals surface area contributed by atoms with Gasteiger partial charge in [0.05, 0.1) is 7.11 Å². The Balaban J connectivity index is 2.51. The van der Waals surface area contributed by atoms with Gasteiger partial charge in [-0.15, -0.1) is 0 Å². The Labute approximate surface area is 101 Å². The Kier molecular flexibility index (Phi) is 4.35. The summed E-state index contributed by atoms with van der Waals surface area (Å²) in [7, 11) is 1.24. The van der Waals surface area contributed by atoms with E-state index in [4.69, 9.17) is 4.74 Å². The first-order valence-electron chi connectivity index (χ1n) is 5.61. The van der Waals surface area contributed by atoms with E-state index in [0.717, 1.165) is 12.8 Å². The van der Waals surface area contributed by atoms with Crippen molar-refractivity contribution >= 4 is 6.16 Å². The van der Waals surface area contributed by atoms with E-state index in [0.29, 0.717) is 0 Å². The normalized spacial score (nSPS) is 23.1. The standard InChI is InChI=1S/C11H21NO5/c1-10(2)6-8(7-11(3,4)12-10)15-9(13)16-17-14-5/h8,12H,6-7H2,1-5H3. The Morgan fingerprint density at radius 2 is 1.71 bits per heavy atom. The van der Waals surface area contributed by atoms with Crippen molar-refractivity contribution in [3.05, 3.63) is 0 Å². The molecule has 0 aliphatic carbocycles. The highest BCUT2D eigenvalue weighted by Gasteiger charge is 2.39. The van der Waals surface area contributed by atoms with Gasteiger partial charge in [0.25, 0.3) is 0 Å². The van der Waals surface area contributed by atoms with Gasteiger partial charge in [-0.3, -0.25) is 0 Å². The molecule has 0 saturated carbocycles. The SMILES string of the molecule is COOOC(=O)OC1CC(C)(C)NC(C)(C)C1. The maximum atomic E-state index is 11.2. The molecule has 1 fully saturated rings. The van der Waals surface area contributed by atoms with Crippen LogP contribution in [0.3, 0.4) is 0 Å². The van der Waals surface area contributed by atoms with Gasteiger partial charge in [0.1, 0.15) is 6.10 Å². The fourth-order valence-corrected chi connectivity index (χ4v) is 2.53. The second-order valence-electron chi connectivity index (χ2n) is 5.61. The average Bonchev–Trinajstić information content (AvgIpc) is 2.09. The molecule has 0 bridgehead atoms. The lowest BCUT2D eigenvalue weighted by Crippen LogP contribution is -2.59. The van der Waals surface area contributed by atoms with Crippen molar-refractivity contribution in [1.29, 1.82) is 0 Å². The second-order valence-corrected chi connectivity index (χ2v) is 5.61. The molecule has 0 aromatic carbocycles. The zero-order valence-corrected chi connectivity index (χ0v) is 11.0. The number of hydrogen-bond acceptors (Lipinski definition) is 6. The Morgan fingerprint density at radius 3 is 2.18 bits per heavy atom. The van der Waals surface area contributed by atoms with Gasteiger partial charge >= 0.3 is 6.16 Å². The van der Waals surface area contributed by atoms with Crippen LogP contribution in [0.25, 0.3) is 0 Å². The topological polar surface area (TPSA) is 66.0 Å². The lowest BCUT2D eigenvalue weighted by atomic mass is 9.81. The van der Waals surface area contributed by atoms with Crippen LogP contribution < -0.4 is 5.32 Å². The maximum Gasteiger partial charge on any atom is 0.542 e. The third-order valence-corrected chi connectivity index (χ3v) is 2.59. The summed E-state index contributed by atoms with van der Waals surface area (Å²) in [5.41, 5.74) is -0.177. The summed E-state index contributed by atoms with van der Waals surface area (Å²) in [5, 5.41) is 7.54. The van der Waals surface area contributed by atoms with Crippen LogP contribution in [0.2, 0.25) is 0 Å². The number of carbonyl (C=O) groups is 1. The van der Waals surface area contributed by atoms with E-state index in [1.165, 1.54) is 7.11 Å². The van der Waals surface area contributed by atoms with Gasteiger partial charge in [0.15, 0.2) is 0 Å². The molecule has 1 saturated heterocycles. The maximum absolute atomic E-state index is 11.2. The minimum atomic E-state index is -0.884. The minimum absolute atomic E-state index is 0.0885. The molecule has 17 heavy (non-hydrogen) atoms. The number of hydrogen-bond donors (Lipinski definition) is 1. The highest BCUT2D eigenvalue weighted by Crippen LogP contribution is 2.30. The van der Waals surface area contributed by atoms with Crippen molar-refractivity contribution in [3.8, 4) is 0 Å². The first-order valence-corrected chi connectivity index (χ1v) is 5.61. The van der Waals surface area contributed by atoms with Gasteiger partial charge in [-0.05, 0) is 32.7 Å². The summed E-state index contributed by atoms with van der Waals surface area (Å²) in [6.07, 6.45) is 0.358. The van der Waals surface area contributed by atoms with Crippen LogP contribution in [0.5, 0.6) is 0 Å². The summed E-state index contributed by atoms with van der Waals surface area (Å²) in [6.45, 7) is 8.28. The van der Waals surface area contributed by atoms with E-state index >= 15 is 0 Å². The molecule has 6 heteroatoms.